The number of nitrogens with one attached hydrogen (secondary N) is 1. The molecule has 1 atom stereocenters. The summed E-state index contributed by atoms with van der Waals surface area (Å²) in [6.07, 6.45) is 0.669. The number of ether oxygens (including phenoxy) is 4. The molecule has 3 aromatic carbocycles. The fourth-order valence-corrected chi connectivity index (χ4v) is 4.15. The molecule has 0 bridgehead atoms. The zero-order valence-corrected chi connectivity index (χ0v) is 19.9. The Morgan fingerprint density at radius 1 is 0.943 bits per heavy atom. The van der Waals surface area contributed by atoms with Crippen LogP contribution in [0.4, 0.5) is 10.5 Å². The van der Waals surface area contributed by atoms with Gasteiger partial charge in [0, 0.05) is 12.2 Å². The zero-order chi connectivity index (χ0) is 24.8. The summed E-state index contributed by atoms with van der Waals surface area (Å²) in [6.45, 7) is 0.721. The third-order valence-electron chi connectivity index (χ3n) is 5.97. The van der Waals surface area contributed by atoms with Crippen LogP contribution in [0.15, 0.2) is 66.7 Å². The van der Waals surface area contributed by atoms with Crippen LogP contribution in [0, 0.1) is 0 Å². The first-order valence-corrected chi connectivity index (χ1v) is 11.2. The first kappa shape index (κ1) is 23.9. The van der Waals surface area contributed by atoms with E-state index in [1.165, 1.54) is 7.11 Å². The molecule has 3 aromatic rings. The molecule has 0 aliphatic carbocycles. The van der Waals surface area contributed by atoms with Crippen LogP contribution < -0.4 is 19.5 Å². The molecule has 0 fully saturated rings. The molecule has 0 spiro atoms. The second kappa shape index (κ2) is 10.8. The van der Waals surface area contributed by atoms with Gasteiger partial charge in [0.2, 0.25) is 0 Å². The van der Waals surface area contributed by atoms with Gasteiger partial charge >= 0.3 is 12.0 Å². The van der Waals surface area contributed by atoms with Gasteiger partial charge in [-0.2, -0.15) is 0 Å². The number of carbonyl (C=O) groups excluding carboxylic acids is 2. The summed E-state index contributed by atoms with van der Waals surface area (Å²) in [4.78, 5) is 26.8. The summed E-state index contributed by atoms with van der Waals surface area (Å²) < 4.78 is 21.8. The largest absolute Gasteiger partial charge is 0.493 e. The number of carbonyl (C=O) groups is 2. The molecule has 0 saturated carbocycles. The minimum absolute atomic E-state index is 0.211. The quantitative estimate of drug-likeness (QED) is 0.498. The van der Waals surface area contributed by atoms with Gasteiger partial charge in [-0.05, 0) is 66.1 Å². The van der Waals surface area contributed by atoms with Crippen molar-refractivity contribution >= 4 is 17.7 Å². The van der Waals surface area contributed by atoms with Gasteiger partial charge < -0.3 is 29.2 Å². The van der Waals surface area contributed by atoms with Crippen LogP contribution in [0.25, 0.3) is 0 Å². The van der Waals surface area contributed by atoms with Crippen molar-refractivity contribution in [1.29, 1.82) is 0 Å². The Hall–Kier alpha value is -4.20. The fourth-order valence-electron chi connectivity index (χ4n) is 4.15. The van der Waals surface area contributed by atoms with E-state index in [9.17, 15) is 9.59 Å². The number of hydrogen-bond donors (Lipinski definition) is 1. The molecule has 8 nitrogen and oxygen atoms in total. The molecule has 1 aliphatic heterocycles. The smallest absolute Gasteiger partial charge is 0.337 e. The summed E-state index contributed by atoms with van der Waals surface area (Å²) in [7, 11) is 4.53. The van der Waals surface area contributed by atoms with E-state index in [1.807, 2.05) is 42.5 Å². The maximum absolute atomic E-state index is 13.3. The van der Waals surface area contributed by atoms with E-state index < -0.39 is 5.97 Å². The van der Waals surface area contributed by atoms with Crippen molar-refractivity contribution < 1.29 is 28.5 Å². The SMILES string of the molecule is COC(=O)c1ccc(OCC2c3cc(OC)c(OC)cc3CCN2C(=O)Nc2ccccc2)cc1. The van der Waals surface area contributed by atoms with E-state index >= 15 is 0 Å². The minimum Gasteiger partial charge on any atom is -0.493 e. The summed E-state index contributed by atoms with van der Waals surface area (Å²) >= 11 is 0. The predicted octanol–water partition coefficient (Wildman–Crippen LogP) is 4.70. The standard InChI is InChI=1S/C27H28N2O6/c1-32-24-15-19-13-14-29(27(31)28-20-7-5-4-6-8-20)23(22(19)16-25(24)33-2)17-35-21-11-9-18(10-12-21)26(30)34-3/h4-12,15-16,23H,13-14,17H2,1-3H3,(H,28,31). The van der Waals surface area contributed by atoms with Gasteiger partial charge in [0.05, 0.1) is 32.9 Å². The van der Waals surface area contributed by atoms with Crippen molar-refractivity contribution in [1.82, 2.24) is 4.90 Å². The first-order valence-electron chi connectivity index (χ1n) is 11.2. The third-order valence-corrected chi connectivity index (χ3v) is 5.97. The lowest BCUT2D eigenvalue weighted by Gasteiger charge is -2.37. The van der Waals surface area contributed by atoms with Crippen molar-refractivity contribution in [2.75, 3.05) is 39.8 Å². The molecule has 182 valence electrons. The van der Waals surface area contributed by atoms with Crippen LogP contribution in [-0.4, -0.2) is 51.4 Å². The van der Waals surface area contributed by atoms with Crippen LogP contribution in [0.2, 0.25) is 0 Å². The molecule has 4 rings (SSSR count). The van der Waals surface area contributed by atoms with E-state index in [1.54, 1.807) is 43.4 Å². The molecule has 1 N–H and O–H groups in total. The van der Waals surface area contributed by atoms with E-state index in [-0.39, 0.29) is 18.7 Å². The third kappa shape index (κ3) is 5.32. The maximum Gasteiger partial charge on any atom is 0.337 e. The van der Waals surface area contributed by atoms with Crippen LogP contribution in [-0.2, 0) is 11.2 Å². The predicted molar refractivity (Wildman–Crippen MR) is 131 cm³/mol. The molecule has 1 aliphatic rings. The second-order valence-corrected chi connectivity index (χ2v) is 7.99. The van der Waals surface area contributed by atoms with Crippen molar-refractivity contribution in [3.8, 4) is 17.2 Å². The Morgan fingerprint density at radius 2 is 1.63 bits per heavy atom. The number of anilines is 1. The summed E-state index contributed by atoms with van der Waals surface area (Å²) in [5.74, 6) is 1.40. The lowest BCUT2D eigenvalue weighted by Crippen LogP contribution is -2.44. The highest BCUT2D eigenvalue weighted by atomic mass is 16.5. The van der Waals surface area contributed by atoms with Gasteiger partial charge in [-0.1, -0.05) is 18.2 Å². The molecule has 1 unspecified atom stereocenters. The maximum atomic E-state index is 13.3. The van der Waals surface area contributed by atoms with Crippen molar-refractivity contribution in [3.05, 3.63) is 83.4 Å². The number of benzene rings is 3. The Morgan fingerprint density at radius 3 is 2.29 bits per heavy atom. The molecule has 0 saturated heterocycles. The first-order chi connectivity index (χ1) is 17.0. The number of amides is 2. The lowest BCUT2D eigenvalue weighted by atomic mass is 9.92. The highest BCUT2D eigenvalue weighted by molar-refractivity contribution is 5.90. The monoisotopic (exact) mass is 476 g/mol. The van der Waals surface area contributed by atoms with Crippen LogP contribution in [0.1, 0.15) is 27.5 Å². The molecule has 0 aromatic heterocycles. The van der Waals surface area contributed by atoms with Gasteiger partial charge in [0.15, 0.2) is 11.5 Å². The fraction of sp³-hybridized carbons (Fsp3) is 0.259. The molecule has 8 heteroatoms. The van der Waals surface area contributed by atoms with Gasteiger partial charge in [-0.15, -0.1) is 0 Å². The number of fused-ring (bicyclic) bond motifs is 1. The highest BCUT2D eigenvalue weighted by Gasteiger charge is 2.33. The summed E-state index contributed by atoms with van der Waals surface area (Å²) in [5.41, 5.74) is 3.15. The molecule has 35 heavy (non-hydrogen) atoms. The number of nitrogens with zero attached hydrogens (tertiary/aromatic N) is 1. The average molecular weight is 477 g/mol. The number of urea groups is 1. The molecule has 2 amide bonds. The Labute approximate surface area is 204 Å². The summed E-state index contributed by atoms with van der Waals surface area (Å²) in [6, 6.07) is 19.3. The van der Waals surface area contributed by atoms with E-state index in [2.05, 4.69) is 5.32 Å². The van der Waals surface area contributed by atoms with Gasteiger partial charge in [-0.25, -0.2) is 9.59 Å². The van der Waals surface area contributed by atoms with Crippen LogP contribution in [0.5, 0.6) is 17.2 Å². The normalized spacial score (nSPS) is 14.5. The molecular weight excluding hydrogens is 448 g/mol. The average Bonchev–Trinajstić information content (AvgIpc) is 2.91. The second-order valence-electron chi connectivity index (χ2n) is 7.99. The minimum atomic E-state index is -0.414. The number of methoxy groups -OCH3 is 3. The van der Waals surface area contributed by atoms with E-state index in [0.29, 0.717) is 41.5 Å². The number of para-hydroxylation sites is 1. The number of rotatable bonds is 7. The molecule has 1 heterocycles. The van der Waals surface area contributed by atoms with Crippen molar-refractivity contribution in [3.63, 3.8) is 0 Å². The number of esters is 1. The Kier molecular flexibility index (Phi) is 7.40. The van der Waals surface area contributed by atoms with E-state index in [4.69, 9.17) is 18.9 Å². The van der Waals surface area contributed by atoms with Crippen molar-refractivity contribution in [2.45, 2.75) is 12.5 Å². The topological polar surface area (TPSA) is 86.3 Å². The Bertz CT molecular complexity index is 1180. The van der Waals surface area contributed by atoms with Crippen molar-refractivity contribution in [2.24, 2.45) is 0 Å². The van der Waals surface area contributed by atoms with E-state index in [0.717, 1.165) is 11.1 Å². The van der Waals surface area contributed by atoms with Gasteiger partial charge in [0.1, 0.15) is 12.4 Å². The molecular formula is C27H28N2O6. The van der Waals surface area contributed by atoms with Crippen LogP contribution >= 0.6 is 0 Å². The Balaban J connectivity index is 1.61. The van der Waals surface area contributed by atoms with Crippen LogP contribution in [0.3, 0.4) is 0 Å². The molecule has 0 radical (unpaired) electrons. The zero-order valence-electron chi connectivity index (χ0n) is 19.9. The van der Waals surface area contributed by atoms with Gasteiger partial charge in [0.25, 0.3) is 0 Å². The van der Waals surface area contributed by atoms with Gasteiger partial charge in [-0.3, -0.25) is 0 Å². The lowest BCUT2D eigenvalue weighted by molar-refractivity contribution is 0.0600. The number of hydrogen-bond acceptors (Lipinski definition) is 6. The summed E-state index contributed by atoms with van der Waals surface area (Å²) in [5, 5.41) is 2.97. The highest BCUT2D eigenvalue weighted by Crippen LogP contribution is 2.38.